The molecule has 1 saturated heterocycles. The van der Waals surface area contributed by atoms with E-state index in [4.69, 9.17) is 15.0 Å². The van der Waals surface area contributed by atoms with E-state index in [1.807, 2.05) is 30.3 Å². The van der Waals surface area contributed by atoms with E-state index in [-0.39, 0.29) is 5.82 Å². The number of aryl methyl sites for hydroxylation is 1. The van der Waals surface area contributed by atoms with Crippen LogP contribution in [0.4, 0.5) is 5.82 Å². The number of likely N-dealkylation sites (tertiary alicyclic amines) is 1. The third-order valence-electron chi connectivity index (χ3n) is 8.15. The Bertz CT molecular complexity index is 1760. The maximum absolute atomic E-state index is 9.06. The van der Waals surface area contributed by atoms with E-state index in [0.717, 1.165) is 83.5 Å². The van der Waals surface area contributed by atoms with Gasteiger partial charge in [0.2, 0.25) is 5.82 Å². The molecule has 1 N–H and O–H groups in total. The first-order valence-electron chi connectivity index (χ1n) is 14.4. The lowest BCUT2D eigenvalue weighted by atomic mass is 10.0. The number of imidazole rings is 1. The van der Waals surface area contributed by atoms with E-state index >= 15 is 0 Å². The smallest absolute Gasteiger partial charge is 0.234 e. The summed E-state index contributed by atoms with van der Waals surface area (Å²) in [5.74, 6) is 2.75. The van der Waals surface area contributed by atoms with E-state index in [1.165, 1.54) is 5.56 Å². The molecule has 8 heteroatoms. The van der Waals surface area contributed by atoms with Crippen LogP contribution in [0, 0.1) is 18.3 Å². The number of ether oxygens (including phenoxy) is 1. The standard InChI is InChI=1S/C34H31N7O/c1-23-6-5-9-28-31(23)34-39-32(33(41(34)22-42-28)26-7-3-2-4-8-26)25-12-10-24(11-13-25)21-40-18-15-27(16-19-40)37-29-14-17-36-30(20-35)38-29/h2-14,17,27H,15-16,18-19,21-22H2,1H3,(H,36,37,38). The van der Waals surface area contributed by atoms with Gasteiger partial charge >= 0.3 is 0 Å². The summed E-state index contributed by atoms with van der Waals surface area (Å²) < 4.78 is 8.39. The summed E-state index contributed by atoms with van der Waals surface area (Å²) >= 11 is 0. The van der Waals surface area contributed by atoms with E-state index < -0.39 is 0 Å². The number of nitriles is 1. The number of benzene rings is 3. The zero-order valence-corrected chi connectivity index (χ0v) is 23.5. The largest absolute Gasteiger partial charge is 0.472 e. The van der Waals surface area contributed by atoms with Crippen LogP contribution in [0.2, 0.25) is 0 Å². The highest BCUT2D eigenvalue weighted by atomic mass is 16.5. The molecule has 7 rings (SSSR count). The predicted molar refractivity (Wildman–Crippen MR) is 163 cm³/mol. The van der Waals surface area contributed by atoms with Crippen molar-refractivity contribution in [3.8, 4) is 45.7 Å². The highest BCUT2D eigenvalue weighted by molar-refractivity contribution is 5.84. The zero-order chi connectivity index (χ0) is 28.5. The highest BCUT2D eigenvalue weighted by Gasteiger charge is 2.27. The van der Waals surface area contributed by atoms with Crippen molar-refractivity contribution >= 4 is 5.82 Å². The van der Waals surface area contributed by atoms with Gasteiger partial charge in [-0.15, -0.1) is 0 Å². The number of hydrogen-bond acceptors (Lipinski definition) is 7. The van der Waals surface area contributed by atoms with Crippen LogP contribution in [0.1, 0.15) is 29.8 Å². The van der Waals surface area contributed by atoms with Crippen LogP contribution in [0.25, 0.3) is 33.9 Å². The van der Waals surface area contributed by atoms with Crippen molar-refractivity contribution in [2.45, 2.75) is 39.1 Å². The second kappa shape index (κ2) is 11.1. The number of anilines is 1. The van der Waals surface area contributed by atoms with Gasteiger partial charge in [0, 0.05) is 43.0 Å². The molecule has 42 heavy (non-hydrogen) atoms. The van der Waals surface area contributed by atoms with Gasteiger partial charge in [-0.3, -0.25) is 9.47 Å². The fourth-order valence-electron chi connectivity index (χ4n) is 6.00. The Hall–Kier alpha value is -5.00. The Balaban J connectivity index is 1.10. The van der Waals surface area contributed by atoms with Gasteiger partial charge in [0.25, 0.3) is 0 Å². The van der Waals surface area contributed by atoms with E-state index in [2.05, 4.69) is 86.3 Å². The molecule has 1 fully saturated rings. The van der Waals surface area contributed by atoms with Crippen molar-refractivity contribution in [2.75, 3.05) is 18.4 Å². The van der Waals surface area contributed by atoms with Crippen LogP contribution >= 0.6 is 0 Å². The third-order valence-corrected chi connectivity index (χ3v) is 8.15. The summed E-state index contributed by atoms with van der Waals surface area (Å²) in [6, 6.07) is 29.7. The Morgan fingerprint density at radius 1 is 0.929 bits per heavy atom. The summed E-state index contributed by atoms with van der Waals surface area (Å²) in [7, 11) is 0. The maximum Gasteiger partial charge on any atom is 0.234 e. The summed E-state index contributed by atoms with van der Waals surface area (Å²) in [5, 5.41) is 12.5. The van der Waals surface area contributed by atoms with Crippen LogP contribution < -0.4 is 10.1 Å². The highest BCUT2D eigenvalue weighted by Crippen LogP contribution is 2.42. The molecule has 0 spiro atoms. The first-order chi connectivity index (χ1) is 20.7. The number of aromatic nitrogens is 4. The molecule has 2 aliphatic heterocycles. The molecule has 0 amide bonds. The van der Waals surface area contributed by atoms with Crippen LogP contribution in [-0.2, 0) is 13.3 Å². The minimum absolute atomic E-state index is 0.195. The van der Waals surface area contributed by atoms with Gasteiger partial charge < -0.3 is 10.1 Å². The molecule has 0 radical (unpaired) electrons. The van der Waals surface area contributed by atoms with Crippen LogP contribution in [-0.4, -0.2) is 43.6 Å². The first-order valence-corrected chi connectivity index (χ1v) is 14.4. The second-order valence-corrected chi connectivity index (χ2v) is 10.9. The van der Waals surface area contributed by atoms with Crippen molar-refractivity contribution in [1.82, 2.24) is 24.4 Å². The molecule has 2 aromatic heterocycles. The Morgan fingerprint density at radius 2 is 1.74 bits per heavy atom. The quantitative estimate of drug-likeness (QED) is 0.265. The molecular formula is C34H31N7O. The van der Waals surface area contributed by atoms with Gasteiger partial charge in [-0.25, -0.2) is 15.0 Å². The van der Waals surface area contributed by atoms with Crippen molar-refractivity contribution < 1.29 is 4.74 Å². The molecule has 0 aliphatic carbocycles. The molecule has 3 aromatic carbocycles. The van der Waals surface area contributed by atoms with Gasteiger partial charge in [0.05, 0.1) is 17.0 Å². The number of rotatable bonds is 6. The Morgan fingerprint density at radius 3 is 2.52 bits per heavy atom. The van der Waals surface area contributed by atoms with Gasteiger partial charge in [-0.1, -0.05) is 66.7 Å². The van der Waals surface area contributed by atoms with Crippen molar-refractivity contribution in [3.05, 3.63) is 102 Å². The summed E-state index contributed by atoms with van der Waals surface area (Å²) in [6.07, 6.45) is 3.67. The van der Waals surface area contributed by atoms with Crippen molar-refractivity contribution in [2.24, 2.45) is 0 Å². The minimum atomic E-state index is 0.195. The fourth-order valence-corrected chi connectivity index (χ4v) is 6.00. The summed E-state index contributed by atoms with van der Waals surface area (Å²) in [6.45, 7) is 5.45. The van der Waals surface area contributed by atoms with E-state index in [0.29, 0.717) is 12.8 Å². The molecule has 0 saturated carbocycles. The number of piperidine rings is 1. The van der Waals surface area contributed by atoms with Crippen molar-refractivity contribution in [1.29, 1.82) is 5.26 Å². The number of fused-ring (bicyclic) bond motifs is 3. The second-order valence-electron chi connectivity index (χ2n) is 10.9. The average Bonchev–Trinajstić information content (AvgIpc) is 3.43. The third kappa shape index (κ3) is 5.00. The zero-order valence-electron chi connectivity index (χ0n) is 23.5. The van der Waals surface area contributed by atoms with Crippen LogP contribution in [0.15, 0.2) is 85.1 Å². The summed E-state index contributed by atoms with van der Waals surface area (Å²) in [4.78, 5) is 15.9. The number of hydrogen-bond donors (Lipinski definition) is 1. The molecule has 0 atom stereocenters. The average molecular weight is 554 g/mol. The van der Waals surface area contributed by atoms with Gasteiger partial charge in [-0.2, -0.15) is 5.26 Å². The molecule has 5 aromatic rings. The van der Waals surface area contributed by atoms with Gasteiger partial charge in [-0.05, 0) is 43.0 Å². The van der Waals surface area contributed by atoms with Crippen LogP contribution in [0.5, 0.6) is 5.75 Å². The lowest BCUT2D eigenvalue weighted by Crippen LogP contribution is -2.38. The molecule has 0 bridgehead atoms. The Kier molecular flexibility index (Phi) is 6.86. The summed E-state index contributed by atoms with van der Waals surface area (Å²) in [5.41, 5.74) is 7.77. The normalized spacial score (nSPS) is 14.9. The maximum atomic E-state index is 9.06. The SMILES string of the molecule is Cc1cccc2c1-c1nc(-c3ccc(CN4CCC(Nc5ccnc(C#N)n5)CC4)cc3)c(-c3ccccc3)n1CO2. The van der Waals surface area contributed by atoms with Gasteiger partial charge in [0.1, 0.15) is 23.5 Å². The number of nitrogens with one attached hydrogen (secondary N) is 1. The molecule has 2 aliphatic rings. The predicted octanol–water partition coefficient (Wildman–Crippen LogP) is 6.28. The minimum Gasteiger partial charge on any atom is -0.472 e. The lowest BCUT2D eigenvalue weighted by molar-refractivity contribution is 0.211. The van der Waals surface area contributed by atoms with Gasteiger partial charge in [0.15, 0.2) is 6.73 Å². The van der Waals surface area contributed by atoms with E-state index in [9.17, 15) is 0 Å². The molecule has 8 nitrogen and oxygen atoms in total. The Labute approximate surface area is 245 Å². The number of nitrogens with zero attached hydrogens (tertiary/aromatic N) is 6. The van der Waals surface area contributed by atoms with Crippen LogP contribution in [0.3, 0.4) is 0 Å². The van der Waals surface area contributed by atoms with Crippen molar-refractivity contribution in [3.63, 3.8) is 0 Å². The molecule has 0 unspecified atom stereocenters. The monoisotopic (exact) mass is 553 g/mol. The van der Waals surface area contributed by atoms with E-state index in [1.54, 1.807) is 6.20 Å². The lowest BCUT2D eigenvalue weighted by Gasteiger charge is -2.32. The molecular weight excluding hydrogens is 522 g/mol. The molecule has 208 valence electrons. The first kappa shape index (κ1) is 25.9. The topological polar surface area (TPSA) is 91.9 Å². The molecule has 4 heterocycles. The fraction of sp³-hybridized carbons (Fsp3) is 0.235.